The molecule has 2 unspecified atom stereocenters. The molecule has 3 aromatic rings. The van der Waals surface area contributed by atoms with Crippen molar-refractivity contribution in [3.8, 4) is 11.8 Å². The van der Waals surface area contributed by atoms with Crippen LogP contribution in [0.4, 0.5) is 13.6 Å². The van der Waals surface area contributed by atoms with Gasteiger partial charge in [-0.25, -0.2) is 13.6 Å². The number of hydrogen-bond acceptors (Lipinski definition) is 7. The van der Waals surface area contributed by atoms with Gasteiger partial charge in [0.25, 0.3) is 0 Å². The summed E-state index contributed by atoms with van der Waals surface area (Å²) in [4.78, 5) is 33.2. The quantitative estimate of drug-likeness (QED) is 0.403. The van der Waals surface area contributed by atoms with Crippen LogP contribution in [-0.4, -0.2) is 54.0 Å². The zero-order valence-electron chi connectivity index (χ0n) is 22.6. The van der Waals surface area contributed by atoms with E-state index in [0.29, 0.717) is 44.6 Å². The summed E-state index contributed by atoms with van der Waals surface area (Å²) in [5.41, 5.74) is 1.45. The normalized spacial score (nSPS) is 22.1. The molecule has 0 spiro atoms. The number of aromatic nitrogens is 1. The number of ether oxygens (including phenoxy) is 1. The van der Waals surface area contributed by atoms with Gasteiger partial charge in [0.1, 0.15) is 23.5 Å². The Morgan fingerprint density at radius 1 is 1.15 bits per heavy atom. The van der Waals surface area contributed by atoms with E-state index in [4.69, 9.17) is 4.74 Å². The van der Waals surface area contributed by atoms with Crippen LogP contribution in [0.1, 0.15) is 58.9 Å². The number of ketones is 1. The second-order valence-electron chi connectivity index (χ2n) is 10.3. The molecule has 2 aromatic carbocycles. The third-order valence-electron chi connectivity index (χ3n) is 7.92. The van der Waals surface area contributed by atoms with E-state index in [-0.39, 0.29) is 34.6 Å². The lowest BCUT2D eigenvalue weighted by molar-refractivity contribution is 0.0875. The number of carbonyl (C=O) groups is 2. The second-order valence-corrected chi connectivity index (χ2v) is 10.3. The minimum Gasteiger partial charge on any atom is -0.410 e. The third-order valence-corrected chi connectivity index (χ3v) is 7.92. The highest BCUT2D eigenvalue weighted by Gasteiger charge is 2.39. The summed E-state index contributed by atoms with van der Waals surface area (Å²) in [5, 5.41) is 16.3. The number of halogens is 2. The molecule has 1 amide bonds. The number of nitrogens with one attached hydrogen (secondary N) is 2. The van der Waals surface area contributed by atoms with Crippen molar-refractivity contribution in [1.29, 1.82) is 5.26 Å². The fourth-order valence-electron chi connectivity index (χ4n) is 5.85. The van der Waals surface area contributed by atoms with E-state index in [9.17, 15) is 23.6 Å². The number of piperidine rings is 1. The molecule has 10 heteroatoms. The second kappa shape index (κ2) is 12.5. The number of Topliss-reactive ketones (excluding diaryl/α,β-unsaturated/α-hetero) is 1. The van der Waals surface area contributed by atoms with Gasteiger partial charge in [-0.15, -0.1) is 0 Å². The minimum atomic E-state index is -0.750. The van der Waals surface area contributed by atoms with Crippen LogP contribution >= 0.6 is 0 Å². The van der Waals surface area contributed by atoms with Crippen molar-refractivity contribution in [3.63, 3.8) is 0 Å². The van der Waals surface area contributed by atoms with Gasteiger partial charge in [0, 0.05) is 43.2 Å². The highest BCUT2D eigenvalue weighted by molar-refractivity contribution is 5.99. The van der Waals surface area contributed by atoms with E-state index in [1.165, 1.54) is 36.4 Å². The van der Waals surface area contributed by atoms with Crippen LogP contribution in [0.25, 0.3) is 0 Å². The highest BCUT2D eigenvalue weighted by Crippen LogP contribution is 2.35. The first-order chi connectivity index (χ1) is 19.9. The summed E-state index contributed by atoms with van der Waals surface area (Å²) in [6, 6.07) is 14.8. The number of nitriles is 1. The molecule has 0 saturated carbocycles. The number of hydrogen-bond donors (Lipinski definition) is 2. The lowest BCUT2D eigenvalue weighted by atomic mass is 9.80. The standard InChI is InChI=1S/C31H31F2N5O3/c1-2-38(31(40)41-22-8-6-21(32)7-9-22)29-18-35-17-25(29)23-13-20(16-34)26(33)15-24(23)30(39)19-10-12-37-28(14-19)27-5-3-4-11-36-27/h3-9,11,13,15,19,25,28-29,35,37H,2,10,12,14,17-18H2,1H3/t19?,25-,28?,29+/m0/s1. The van der Waals surface area contributed by atoms with Crippen LogP contribution < -0.4 is 15.4 Å². The zero-order chi connectivity index (χ0) is 28.9. The van der Waals surface area contributed by atoms with E-state index < -0.39 is 29.7 Å². The monoisotopic (exact) mass is 559 g/mol. The molecule has 41 heavy (non-hydrogen) atoms. The van der Waals surface area contributed by atoms with Gasteiger partial charge in [-0.2, -0.15) is 5.26 Å². The highest BCUT2D eigenvalue weighted by atomic mass is 19.1. The van der Waals surface area contributed by atoms with E-state index in [2.05, 4.69) is 15.6 Å². The Bertz CT molecular complexity index is 1440. The van der Waals surface area contributed by atoms with E-state index in [1.54, 1.807) is 11.1 Å². The summed E-state index contributed by atoms with van der Waals surface area (Å²) in [6.45, 7) is 3.56. The Morgan fingerprint density at radius 3 is 2.66 bits per heavy atom. The molecular weight excluding hydrogens is 528 g/mol. The van der Waals surface area contributed by atoms with Gasteiger partial charge < -0.3 is 20.3 Å². The first kappa shape index (κ1) is 28.3. The van der Waals surface area contributed by atoms with E-state index in [0.717, 1.165) is 5.69 Å². The van der Waals surface area contributed by atoms with Crippen LogP contribution in [0.5, 0.6) is 5.75 Å². The van der Waals surface area contributed by atoms with Crippen LogP contribution in [0.3, 0.4) is 0 Å². The Kier molecular flexibility index (Phi) is 8.67. The van der Waals surface area contributed by atoms with Crippen LogP contribution in [-0.2, 0) is 0 Å². The molecule has 4 atom stereocenters. The van der Waals surface area contributed by atoms with Crippen molar-refractivity contribution in [2.75, 3.05) is 26.2 Å². The van der Waals surface area contributed by atoms with Crippen molar-refractivity contribution >= 4 is 11.9 Å². The summed E-state index contributed by atoms with van der Waals surface area (Å²) >= 11 is 0. The summed E-state index contributed by atoms with van der Waals surface area (Å²) in [6.07, 6.45) is 2.18. The largest absolute Gasteiger partial charge is 0.415 e. The van der Waals surface area contributed by atoms with E-state index >= 15 is 0 Å². The first-order valence-corrected chi connectivity index (χ1v) is 13.8. The van der Waals surface area contributed by atoms with Gasteiger partial charge in [0.15, 0.2) is 5.78 Å². The molecule has 1 aromatic heterocycles. The number of amides is 1. The van der Waals surface area contributed by atoms with Crippen molar-refractivity contribution in [2.24, 2.45) is 5.92 Å². The van der Waals surface area contributed by atoms with Crippen LogP contribution in [0.2, 0.25) is 0 Å². The molecule has 2 N–H and O–H groups in total. The summed E-state index contributed by atoms with van der Waals surface area (Å²) in [5.74, 6) is -1.94. The molecule has 212 valence electrons. The molecule has 2 aliphatic rings. The molecule has 0 aliphatic carbocycles. The Balaban J connectivity index is 1.44. The van der Waals surface area contributed by atoms with Gasteiger partial charge >= 0.3 is 6.09 Å². The maximum Gasteiger partial charge on any atom is 0.415 e. The average Bonchev–Trinajstić information content (AvgIpc) is 3.48. The molecule has 8 nitrogen and oxygen atoms in total. The fourth-order valence-corrected chi connectivity index (χ4v) is 5.85. The molecule has 3 heterocycles. The van der Waals surface area contributed by atoms with E-state index in [1.807, 2.05) is 31.2 Å². The van der Waals surface area contributed by atoms with Gasteiger partial charge in [-0.3, -0.25) is 9.78 Å². The fraction of sp³-hybridized carbons (Fsp3) is 0.355. The zero-order valence-corrected chi connectivity index (χ0v) is 22.6. The topological polar surface area (TPSA) is 107 Å². The van der Waals surface area contributed by atoms with Gasteiger partial charge in [-0.05, 0) is 80.4 Å². The van der Waals surface area contributed by atoms with Crippen molar-refractivity contribution in [2.45, 2.75) is 37.8 Å². The molecular formula is C31H31F2N5O3. The van der Waals surface area contributed by atoms with Crippen LogP contribution in [0.15, 0.2) is 60.8 Å². The van der Waals surface area contributed by atoms with Crippen molar-refractivity contribution in [3.05, 3.63) is 94.8 Å². The maximum absolute atomic E-state index is 15.0. The lowest BCUT2D eigenvalue weighted by Gasteiger charge is -2.33. The number of benzene rings is 2. The molecule has 0 bridgehead atoms. The first-order valence-electron chi connectivity index (χ1n) is 13.8. The molecule has 5 rings (SSSR count). The average molecular weight is 560 g/mol. The molecule has 2 saturated heterocycles. The molecule has 2 aliphatic heterocycles. The van der Waals surface area contributed by atoms with Crippen LogP contribution in [0, 0.1) is 28.9 Å². The summed E-state index contributed by atoms with van der Waals surface area (Å²) in [7, 11) is 0. The van der Waals surface area contributed by atoms with Gasteiger partial charge in [0.2, 0.25) is 0 Å². The molecule has 0 radical (unpaired) electrons. The predicted octanol–water partition coefficient (Wildman–Crippen LogP) is 4.73. The predicted molar refractivity (Wildman–Crippen MR) is 147 cm³/mol. The molecule has 2 fully saturated rings. The summed E-state index contributed by atoms with van der Waals surface area (Å²) < 4.78 is 33.8. The number of rotatable bonds is 7. The van der Waals surface area contributed by atoms with Gasteiger partial charge in [0.05, 0.1) is 23.3 Å². The lowest BCUT2D eigenvalue weighted by Crippen LogP contribution is -2.45. The number of nitrogens with zero attached hydrogens (tertiary/aromatic N) is 3. The number of likely N-dealkylation sites (N-methyl/N-ethyl adjacent to an activating group) is 1. The van der Waals surface area contributed by atoms with Crippen molar-refractivity contribution in [1.82, 2.24) is 20.5 Å². The Labute approximate surface area is 237 Å². The van der Waals surface area contributed by atoms with Crippen molar-refractivity contribution < 1.29 is 23.1 Å². The third kappa shape index (κ3) is 6.11. The number of carbonyl (C=O) groups excluding carboxylic acids is 2. The Morgan fingerprint density at radius 2 is 1.95 bits per heavy atom. The van der Waals surface area contributed by atoms with Gasteiger partial charge in [-0.1, -0.05) is 6.07 Å². The number of pyridine rings is 1. The maximum atomic E-state index is 15.0. The Hall–Kier alpha value is -4.20. The SMILES string of the molecule is CCN(C(=O)Oc1ccc(F)cc1)[C@@H]1CNC[C@H]1c1cc(C#N)c(F)cc1C(=O)C1CCNC(c2ccccn2)C1. The smallest absolute Gasteiger partial charge is 0.410 e. The minimum absolute atomic E-state index is 0.108.